The molecule has 0 saturated heterocycles. The molecule has 33 heavy (non-hydrogen) atoms. The molecule has 0 fully saturated rings. The quantitative estimate of drug-likeness (QED) is 0.418. The van der Waals surface area contributed by atoms with Crippen molar-refractivity contribution in [2.45, 2.75) is 32.9 Å². The van der Waals surface area contributed by atoms with Crippen molar-refractivity contribution >= 4 is 38.5 Å². The van der Waals surface area contributed by atoms with E-state index in [1.54, 1.807) is 18.9 Å². The van der Waals surface area contributed by atoms with E-state index in [2.05, 4.69) is 21.2 Å². The van der Waals surface area contributed by atoms with Gasteiger partial charge in [-0.2, -0.15) is 0 Å². The van der Waals surface area contributed by atoms with Crippen LogP contribution in [0.1, 0.15) is 25.8 Å². The average molecular weight is 513 g/mol. The molecule has 2 amide bonds. The topological polar surface area (TPSA) is 67.9 Å². The molecule has 3 rings (SSSR count). The third-order valence-electron chi connectivity index (χ3n) is 5.41. The van der Waals surface area contributed by atoms with Gasteiger partial charge in [-0.3, -0.25) is 9.59 Å². The Morgan fingerprint density at radius 2 is 1.79 bits per heavy atom. The van der Waals surface area contributed by atoms with Crippen molar-refractivity contribution in [1.29, 1.82) is 0 Å². The van der Waals surface area contributed by atoms with E-state index in [9.17, 15) is 9.59 Å². The van der Waals surface area contributed by atoms with E-state index in [0.29, 0.717) is 12.3 Å². The first-order valence-electron chi connectivity index (χ1n) is 10.9. The first-order valence-corrected chi connectivity index (χ1v) is 11.7. The number of carbonyl (C=O) groups excluding carboxylic acids is 2. The first kappa shape index (κ1) is 24.6. The Labute approximate surface area is 203 Å². The Bertz CT molecular complexity index is 1100. The van der Waals surface area contributed by atoms with Gasteiger partial charge in [0.2, 0.25) is 5.91 Å². The minimum Gasteiger partial charge on any atom is -0.497 e. The van der Waals surface area contributed by atoms with E-state index in [1.165, 1.54) is 0 Å². The summed E-state index contributed by atoms with van der Waals surface area (Å²) in [5.74, 6) is 0.847. The lowest BCUT2D eigenvalue weighted by Gasteiger charge is -2.29. The zero-order chi connectivity index (χ0) is 23.8. The Morgan fingerprint density at radius 3 is 2.48 bits per heavy atom. The highest BCUT2D eigenvalue weighted by atomic mass is 79.9. The van der Waals surface area contributed by atoms with Crippen LogP contribution >= 0.6 is 15.9 Å². The van der Waals surface area contributed by atoms with Gasteiger partial charge in [0.15, 0.2) is 6.61 Å². The summed E-state index contributed by atoms with van der Waals surface area (Å²) in [6.45, 7) is 4.39. The molecule has 0 spiro atoms. The summed E-state index contributed by atoms with van der Waals surface area (Å²) in [7, 11) is 1.60. The molecule has 0 heterocycles. The molecule has 0 aliphatic carbocycles. The van der Waals surface area contributed by atoms with Crippen molar-refractivity contribution in [3.63, 3.8) is 0 Å². The lowest BCUT2D eigenvalue weighted by atomic mass is 10.1. The Hall–Kier alpha value is -3.06. The number of carbonyl (C=O) groups is 2. The fraction of sp³-hybridized carbons (Fsp3) is 0.308. The zero-order valence-electron chi connectivity index (χ0n) is 19.1. The molecule has 1 N–H and O–H groups in total. The highest BCUT2D eigenvalue weighted by molar-refractivity contribution is 9.10. The summed E-state index contributed by atoms with van der Waals surface area (Å²) in [5.41, 5.74) is 0.895. The number of fused-ring (bicyclic) bond motifs is 1. The van der Waals surface area contributed by atoms with Crippen LogP contribution in [0.3, 0.4) is 0 Å². The van der Waals surface area contributed by atoms with Crippen molar-refractivity contribution in [2.24, 2.45) is 0 Å². The van der Waals surface area contributed by atoms with Gasteiger partial charge in [-0.15, -0.1) is 0 Å². The number of benzene rings is 3. The molecular weight excluding hydrogens is 484 g/mol. The SMILES string of the molecule is CCCNC(=O)C(C)N(Cc1ccc(OC)cc1)C(=O)COc1ccc2ccccc2c1Br. The summed E-state index contributed by atoms with van der Waals surface area (Å²) >= 11 is 3.59. The number of ether oxygens (including phenoxy) is 2. The van der Waals surface area contributed by atoms with Crippen molar-refractivity contribution in [1.82, 2.24) is 10.2 Å². The molecule has 0 aliphatic rings. The van der Waals surface area contributed by atoms with Crippen LogP contribution in [0.15, 0.2) is 65.1 Å². The van der Waals surface area contributed by atoms with Gasteiger partial charge in [-0.1, -0.05) is 49.4 Å². The maximum absolute atomic E-state index is 13.2. The average Bonchev–Trinajstić information content (AvgIpc) is 2.85. The van der Waals surface area contributed by atoms with E-state index in [0.717, 1.165) is 33.0 Å². The Morgan fingerprint density at radius 1 is 1.06 bits per heavy atom. The molecule has 3 aromatic rings. The third-order valence-corrected chi connectivity index (χ3v) is 6.23. The fourth-order valence-electron chi connectivity index (χ4n) is 3.45. The molecule has 3 aromatic carbocycles. The van der Waals surface area contributed by atoms with Crippen molar-refractivity contribution in [3.8, 4) is 11.5 Å². The van der Waals surface area contributed by atoms with Crippen LogP contribution in [0, 0.1) is 0 Å². The van der Waals surface area contributed by atoms with Gasteiger partial charge in [0.1, 0.15) is 17.5 Å². The summed E-state index contributed by atoms with van der Waals surface area (Å²) in [6.07, 6.45) is 0.823. The molecule has 174 valence electrons. The number of nitrogens with one attached hydrogen (secondary N) is 1. The molecule has 1 atom stereocenters. The molecule has 0 aromatic heterocycles. The summed E-state index contributed by atoms with van der Waals surface area (Å²) in [4.78, 5) is 27.4. The lowest BCUT2D eigenvalue weighted by Crippen LogP contribution is -2.49. The van der Waals surface area contributed by atoms with Crippen LogP contribution in [-0.2, 0) is 16.1 Å². The molecule has 1 unspecified atom stereocenters. The fourth-order valence-corrected chi connectivity index (χ4v) is 4.06. The Balaban J connectivity index is 1.77. The molecular formula is C26H29BrN2O4. The van der Waals surface area contributed by atoms with Crippen molar-refractivity contribution in [3.05, 3.63) is 70.7 Å². The molecule has 0 saturated carbocycles. The van der Waals surface area contributed by atoms with Gasteiger partial charge < -0.3 is 19.7 Å². The largest absolute Gasteiger partial charge is 0.497 e. The maximum Gasteiger partial charge on any atom is 0.261 e. The Kier molecular flexibility index (Phi) is 8.72. The second-order valence-electron chi connectivity index (χ2n) is 7.72. The van der Waals surface area contributed by atoms with Crippen LogP contribution in [0.4, 0.5) is 0 Å². The van der Waals surface area contributed by atoms with Gasteiger partial charge in [-0.05, 0) is 63.8 Å². The van der Waals surface area contributed by atoms with Crippen LogP contribution in [0.25, 0.3) is 10.8 Å². The standard InChI is InChI=1S/C26H29BrN2O4/c1-4-15-28-26(31)18(2)29(16-19-9-12-21(32-3)13-10-19)24(30)17-33-23-14-11-20-7-5-6-8-22(20)25(23)27/h5-14,18H,4,15-17H2,1-3H3,(H,28,31). The predicted octanol–water partition coefficient (Wildman–Crippen LogP) is 4.93. The number of hydrogen-bond donors (Lipinski definition) is 1. The van der Waals surface area contributed by atoms with Gasteiger partial charge in [0.05, 0.1) is 11.6 Å². The number of amides is 2. The number of halogens is 1. The normalized spacial score (nSPS) is 11.6. The molecule has 0 radical (unpaired) electrons. The summed E-state index contributed by atoms with van der Waals surface area (Å²) in [6, 6.07) is 18.5. The second-order valence-corrected chi connectivity index (χ2v) is 8.52. The van der Waals surface area contributed by atoms with E-state index >= 15 is 0 Å². The minimum atomic E-state index is -0.644. The van der Waals surface area contributed by atoms with Gasteiger partial charge in [-0.25, -0.2) is 0 Å². The van der Waals surface area contributed by atoms with Crippen molar-refractivity contribution < 1.29 is 19.1 Å². The number of hydrogen-bond acceptors (Lipinski definition) is 4. The number of rotatable bonds is 10. The van der Waals surface area contributed by atoms with Crippen molar-refractivity contribution in [2.75, 3.05) is 20.3 Å². The molecule has 0 aliphatic heterocycles. The monoisotopic (exact) mass is 512 g/mol. The molecule has 7 heteroatoms. The number of methoxy groups -OCH3 is 1. The van der Waals surface area contributed by atoms with E-state index in [-0.39, 0.29) is 25.0 Å². The smallest absolute Gasteiger partial charge is 0.261 e. The van der Waals surface area contributed by atoms with E-state index in [1.807, 2.05) is 67.6 Å². The highest BCUT2D eigenvalue weighted by Crippen LogP contribution is 2.33. The predicted molar refractivity (Wildman–Crippen MR) is 133 cm³/mol. The minimum absolute atomic E-state index is 0.182. The maximum atomic E-state index is 13.2. The van der Waals surface area contributed by atoms with E-state index < -0.39 is 6.04 Å². The van der Waals surface area contributed by atoms with Crippen LogP contribution in [-0.4, -0.2) is 43.0 Å². The van der Waals surface area contributed by atoms with Gasteiger partial charge >= 0.3 is 0 Å². The zero-order valence-corrected chi connectivity index (χ0v) is 20.7. The summed E-state index contributed by atoms with van der Waals surface area (Å²) < 4.78 is 11.9. The third kappa shape index (κ3) is 6.26. The first-order chi connectivity index (χ1) is 15.9. The lowest BCUT2D eigenvalue weighted by molar-refractivity contribution is -0.142. The second kappa shape index (κ2) is 11.7. The number of nitrogens with zero attached hydrogens (tertiary/aromatic N) is 1. The molecule has 6 nitrogen and oxygen atoms in total. The molecule has 0 bridgehead atoms. The summed E-state index contributed by atoms with van der Waals surface area (Å²) in [5, 5.41) is 4.95. The van der Waals surface area contributed by atoms with Crippen LogP contribution in [0.2, 0.25) is 0 Å². The van der Waals surface area contributed by atoms with Crippen LogP contribution < -0.4 is 14.8 Å². The highest BCUT2D eigenvalue weighted by Gasteiger charge is 2.26. The van der Waals surface area contributed by atoms with Crippen LogP contribution in [0.5, 0.6) is 11.5 Å². The van der Waals surface area contributed by atoms with Gasteiger partial charge in [0.25, 0.3) is 5.91 Å². The van der Waals surface area contributed by atoms with E-state index in [4.69, 9.17) is 9.47 Å². The van der Waals surface area contributed by atoms with Gasteiger partial charge in [0, 0.05) is 13.1 Å².